The standard InChI is InChI=1S/C18H20BrN5O2/c1-24(18-15-17(21-10-20-15)22-11-23-18)8-12-4-2-6-14(19)16(12)26-9-13-5-3-7-25-13/h2,4,6,10-11,13H,3,5,7-9H2,1H3,(H,20,21,22,23). The molecule has 1 aliphatic rings. The summed E-state index contributed by atoms with van der Waals surface area (Å²) in [6.45, 7) is 2.04. The van der Waals surface area contributed by atoms with E-state index in [2.05, 4.69) is 46.8 Å². The summed E-state index contributed by atoms with van der Waals surface area (Å²) in [4.78, 5) is 17.9. The van der Waals surface area contributed by atoms with Gasteiger partial charge in [-0.3, -0.25) is 0 Å². The summed E-state index contributed by atoms with van der Waals surface area (Å²) in [5.41, 5.74) is 2.56. The van der Waals surface area contributed by atoms with Crippen LogP contribution in [0.15, 0.2) is 35.3 Å². The number of aromatic amines is 1. The molecule has 1 atom stereocenters. The van der Waals surface area contributed by atoms with Gasteiger partial charge in [0.15, 0.2) is 11.5 Å². The van der Waals surface area contributed by atoms with E-state index in [4.69, 9.17) is 9.47 Å². The predicted octanol–water partition coefficient (Wildman–Crippen LogP) is 3.31. The molecule has 0 radical (unpaired) electrons. The Morgan fingerprint density at radius 1 is 1.35 bits per heavy atom. The van der Waals surface area contributed by atoms with E-state index in [1.807, 2.05) is 19.2 Å². The van der Waals surface area contributed by atoms with Crippen molar-refractivity contribution in [3.63, 3.8) is 0 Å². The Labute approximate surface area is 159 Å². The average molecular weight is 418 g/mol. The minimum absolute atomic E-state index is 0.180. The molecule has 4 rings (SSSR count). The van der Waals surface area contributed by atoms with Crippen molar-refractivity contribution in [1.82, 2.24) is 19.9 Å². The highest BCUT2D eigenvalue weighted by molar-refractivity contribution is 9.10. The fourth-order valence-electron chi connectivity index (χ4n) is 3.16. The van der Waals surface area contributed by atoms with Crippen LogP contribution in [0, 0.1) is 0 Å². The first kappa shape index (κ1) is 17.2. The number of nitrogens with one attached hydrogen (secondary N) is 1. The number of rotatable bonds is 6. The van der Waals surface area contributed by atoms with Gasteiger partial charge in [-0.05, 0) is 34.8 Å². The van der Waals surface area contributed by atoms with E-state index >= 15 is 0 Å². The molecule has 0 aliphatic carbocycles. The molecule has 1 N–H and O–H groups in total. The predicted molar refractivity (Wildman–Crippen MR) is 102 cm³/mol. The number of ether oxygens (including phenoxy) is 2. The van der Waals surface area contributed by atoms with Crippen LogP contribution in [0.3, 0.4) is 0 Å². The quantitative estimate of drug-likeness (QED) is 0.662. The molecule has 0 amide bonds. The minimum Gasteiger partial charge on any atom is -0.489 e. The van der Waals surface area contributed by atoms with E-state index in [1.165, 1.54) is 6.33 Å². The molecule has 0 saturated carbocycles. The van der Waals surface area contributed by atoms with Gasteiger partial charge in [-0.25, -0.2) is 15.0 Å². The molecule has 1 fully saturated rings. The molecule has 3 aromatic rings. The van der Waals surface area contributed by atoms with Crippen molar-refractivity contribution in [2.45, 2.75) is 25.5 Å². The van der Waals surface area contributed by atoms with Crippen LogP contribution in [-0.2, 0) is 11.3 Å². The second-order valence-electron chi connectivity index (χ2n) is 6.33. The first-order valence-electron chi connectivity index (χ1n) is 8.59. The van der Waals surface area contributed by atoms with Crippen LogP contribution >= 0.6 is 15.9 Å². The molecule has 0 spiro atoms. The van der Waals surface area contributed by atoms with Crippen LogP contribution < -0.4 is 9.64 Å². The van der Waals surface area contributed by atoms with Gasteiger partial charge in [-0.15, -0.1) is 0 Å². The van der Waals surface area contributed by atoms with E-state index in [9.17, 15) is 0 Å². The maximum absolute atomic E-state index is 6.11. The third-order valence-electron chi connectivity index (χ3n) is 4.46. The number of hydrogen-bond acceptors (Lipinski definition) is 6. The lowest BCUT2D eigenvalue weighted by Crippen LogP contribution is -2.21. The molecular weight excluding hydrogens is 398 g/mol. The van der Waals surface area contributed by atoms with Gasteiger partial charge in [0.05, 0.1) is 16.9 Å². The monoisotopic (exact) mass is 417 g/mol. The number of halogens is 1. The summed E-state index contributed by atoms with van der Waals surface area (Å²) in [6, 6.07) is 6.07. The fourth-order valence-corrected chi connectivity index (χ4v) is 3.69. The second-order valence-corrected chi connectivity index (χ2v) is 7.18. The van der Waals surface area contributed by atoms with Crippen molar-refractivity contribution < 1.29 is 9.47 Å². The second kappa shape index (κ2) is 7.59. The molecule has 7 nitrogen and oxygen atoms in total. The van der Waals surface area contributed by atoms with Crippen molar-refractivity contribution in [3.05, 3.63) is 40.9 Å². The Balaban J connectivity index is 1.55. The largest absolute Gasteiger partial charge is 0.489 e. The SMILES string of the molecule is CN(Cc1cccc(Br)c1OCC1CCCO1)c1ncnc2nc[nH]c12. The van der Waals surface area contributed by atoms with Gasteiger partial charge >= 0.3 is 0 Å². The third-order valence-corrected chi connectivity index (χ3v) is 5.08. The Morgan fingerprint density at radius 2 is 2.27 bits per heavy atom. The molecule has 3 heterocycles. The van der Waals surface area contributed by atoms with E-state index in [-0.39, 0.29) is 6.10 Å². The number of benzene rings is 1. The van der Waals surface area contributed by atoms with Crippen LogP contribution in [0.25, 0.3) is 11.2 Å². The first-order valence-corrected chi connectivity index (χ1v) is 9.38. The van der Waals surface area contributed by atoms with Crippen LogP contribution in [0.2, 0.25) is 0 Å². The molecule has 26 heavy (non-hydrogen) atoms. The molecule has 8 heteroatoms. The van der Waals surface area contributed by atoms with Crippen LogP contribution in [0.1, 0.15) is 18.4 Å². The number of H-pyrrole nitrogens is 1. The van der Waals surface area contributed by atoms with Gasteiger partial charge in [0, 0.05) is 25.8 Å². The van der Waals surface area contributed by atoms with Crippen molar-refractivity contribution >= 4 is 32.9 Å². The summed E-state index contributed by atoms with van der Waals surface area (Å²) < 4.78 is 12.7. The van der Waals surface area contributed by atoms with E-state index in [0.717, 1.165) is 46.6 Å². The van der Waals surface area contributed by atoms with Crippen LogP contribution in [-0.4, -0.2) is 46.3 Å². The highest BCUT2D eigenvalue weighted by Crippen LogP contribution is 2.32. The number of imidazole rings is 1. The Morgan fingerprint density at radius 3 is 3.12 bits per heavy atom. The van der Waals surface area contributed by atoms with Gasteiger partial charge in [0.2, 0.25) is 0 Å². The van der Waals surface area contributed by atoms with Crippen molar-refractivity contribution in [2.24, 2.45) is 0 Å². The zero-order valence-corrected chi connectivity index (χ0v) is 16.1. The molecule has 2 aromatic heterocycles. The van der Waals surface area contributed by atoms with Crippen molar-refractivity contribution in [1.29, 1.82) is 0 Å². The summed E-state index contributed by atoms with van der Waals surface area (Å²) >= 11 is 3.61. The number of aromatic nitrogens is 4. The zero-order valence-electron chi connectivity index (χ0n) is 14.5. The zero-order chi connectivity index (χ0) is 17.9. The summed E-state index contributed by atoms with van der Waals surface area (Å²) in [5, 5.41) is 0. The normalized spacial score (nSPS) is 16.9. The lowest BCUT2D eigenvalue weighted by atomic mass is 10.2. The summed E-state index contributed by atoms with van der Waals surface area (Å²) in [5.74, 6) is 1.65. The van der Waals surface area contributed by atoms with E-state index in [1.54, 1.807) is 6.33 Å². The third kappa shape index (κ3) is 3.52. The molecule has 136 valence electrons. The van der Waals surface area contributed by atoms with Crippen molar-refractivity contribution in [3.8, 4) is 5.75 Å². The molecule has 1 unspecified atom stereocenters. The number of hydrogen-bond donors (Lipinski definition) is 1. The van der Waals surface area contributed by atoms with Gasteiger partial charge in [-0.1, -0.05) is 12.1 Å². The van der Waals surface area contributed by atoms with Gasteiger partial charge < -0.3 is 19.4 Å². The lowest BCUT2D eigenvalue weighted by molar-refractivity contribution is 0.0673. The van der Waals surface area contributed by atoms with Crippen LogP contribution in [0.5, 0.6) is 5.75 Å². The molecular formula is C18H20BrN5O2. The molecule has 1 aliphatic heterocycles. The maximum atomic E-state index is 6.11. The highest BCUT2D eigenvalue weighted by Gasteiger charge is 2.19. The number of para-hydroxylation sites is 1. The maximum Gasteiger partial charge on any atom is 0.182 e. The average Bonchev–Trinajstić information content (AvgIpc) is 3.32. The van der Waals surface area contributed by atoms with Crippen molar-refractivity contribution in [2.75, 3.05) is 25.2 Å². The lowest BCUT2D eigenvalue weighted by Gasteiger charge is -2.21. The number of anilines is 1. The summed E-state index contributed by atoms with van der Waals surface area (Å²) in [6.07, 6.45) is 5.50. The first-order chi connectivity index (χ1) is 12.7. The molecule has 1 saturated heterocycles. The number of nitrogens with zero attached hydrogens (tertiary/aromatic N) is 4. The Hall–Kier alpha value is -2.19. The smallest absolute Gasteiger partial charge is 0.182 e. The van der Waals surface area contributed by atoms with E-state index < -0.39 is 0 Å². The Kier molecular flexibility index (Phi) is 5.03. The van der Waals surface area contributed by atoms with Crippen LogP contribution in [0.4, 0.5) is 5.82 Å². The highest BCUT2D eigenvalue weighted by atomic mass is 79.9. The minimum atomic E-state index is 0.180. The van der Waals surface area contributed by atoms with Gasteiger partial charge in [0.25, 0.3) is 0 Å². The summed E-state index contributed by atoms with van der Waals surface area (Å²) in [7, 11) is 1.99. The fraction of sp³-hybridized carbons (Fsp3) is 0.389. The van der Waals surface area contributed by atoms with Gasteiger partial charge in [-0.2, -0.15) is 0 Å². The van der Waals surface area contributed by atoms with E-state index in [0.29, 0.717) is 18.8 Å². The molecule has 0 bridgehead atoms. The topological polar surface area (TPSA) is 76.2 Å². The number of fused-ring (bicyclic) bond motifs is 1. The Bertz CT molecular complexity index is 894. The van der Waals surface area contributed by atoms with Gasteiger partial charge in [0.1, 0.15) is 24.2 Å². The molecule has 1 aromatic carbocycles.